The van der Waals surface area contributed by atoms with E-state index in [2.05, 4.69) is 10.3 Å². The fourth-order valence-electron chi connectivity index (χ4n) is 11.8. The number of aliphatic imine (C=N–C) groups is 1. The molecule has 8 heterocycles. The van der Waals surface area contributed by atoms with Crippen molar-refractivity contribution in [3.8, 4) is 0 Å². The van der Waals surface area contributed by atoms with Crippen molar-refractivity contribution in [3.63, 3.8) is 0 Å². The van der Waals surface area contributed by atoms with E-state index in [9.17, 15) is 122 Å². The zero-order valence-corrected chi connectivity index (χ0v) is 44.0. The first kappa shape index (κ1) is 66.6. The molecule has 37 atom stereocenters. The Hall–Kier alpha value is -2.38. The first-order chi connectivity index (χ1) is 39.1. The molecule has 0 aromatic heterocycles. The van der Waals surface area contributed by atoms with Crippen LogP contribution in [0.5, 0.6) is 0 Å². The molecule has 7 saturated heterocycles. The van der Waals surface area contributed by atoms with Crippen molar-refractivity contribution < 1.29 is 174 Å². The van der Waals surface area contributed by atoms with E-state index in [1.807, 2.05) is 0 Å². The van der Waals surface area contributed by atoms with E-state index in [-0.39, 0.29) is 5.90 Å². The molecule has 8 aliphatic heterocycles. The molecule has 0 aromatic rings. The summed E-state index contributed by atoms with van der Waals surface area (Å²) in [5.41, 5.74) is -3.68. The molecule has 24 N–H and O–H groups in total. The van der Waals surface area contributed by atoms with Crippen molar-refractivity contribution in [3.05, 3.63) is 0 Å². The second-order valence-corrected chi connectivity index (χ2v) is 21.7. The third-order valence-electron chi connectivity index (χ3n) is 16.5. The topological polar surface area (TPSA) is 608 Å². The molecule has 4 unspecified atom stereocenters. The van der Waals surface area contributed by atoms with Crippen LogP contribution < -0.4 is 5.32 Å². The SMILES string of the molecule is CC(=O)N[C@H]1[C@H](O[C@@H]2[C@@H](O[C@@H]3[C@H](O)[C@H](O[C@H]4[C@H](O)[C@H]5N=C(C)OC5O[C@@H]4CO)O[C@H](C(O)C4O[C@H](C(O)[C@H]5O[C@H](CO)[C@@H](O)[C@H](O)[C@@H]5O)[C@@H](O)[C@@](O)([C@H]5O[C@H](CO)[C@@H](O)[C@H](O)[C@@H]5O)[C@@H]4O)[C@H]3O)O[C@H](CO)[C@@H](O)[C@@H]2O)O[C@H](CO)[C@@H](O)[C@@H]1O. The van der Waals surface area contributed by atoms with Crippen LogP contribution in [0.2, 0.25) is 0 Å². The first-order valence-corrected chi connectivity index (χ1v) is 26.5. The Balaban J connectivity index is 1.20. The Morgan fingerprint density at radius 2 is 0.952 bits per heavy atom. The monoisotopic (exact) mass is 1220 g/mol. The fourth-order valence-corrected chi connectivity index (χ4v) is 11.8. The van der Waals surface area contributed by atoms with Crippen LogP contribution in [0.1, 0.15) is 13.8 Å². The van der Waals surface area contributed by atoms with Crippen LogP contribution in [0.25, 0.3) is 0 Å². The van der Waals surface area contributed by atoms with Crippen molar-refractivity contribution in [2.75, 3.05) is 33.0 Å². The van der Waals surface area contributed by atoms with Gasteiger partial charge in [-0.1, -0.05) is 0 Å². The van der Waals surface area contributed by atoms with Gasteiger partial charge in [0.05, 0.1) is 33.0 Å². The quantitative estimate of drug-likeness (QED) is 0.0643. The maximum atomic E-state index is 12.7. The number of ether oxygens (including phenoxy) is 11. The molecular formula is C46H76N2O35. The van der Waals surface area contributed by atoms with Gasteiger partial charge in [0, 0.05) is 13.8 Å². The average Bonchev–Trinajstić information content (AvgIpc) is 1.68. The Morgan fingerprint density at radius 1 is 0.482 bits per heavy atom. The molecule has 0 spiro atoms. The number of aliphatic hydroxyl groups excluding tert-OH is 22. The van der Waals surface area contributed by atoms with E-state index >= 15 is 0 Å². The summed E-state index contributed by atoms with van der Waals surface area (Å²) < 4.78 is 63.6. The number of hydrogen-bond donors (Lipinski definition) is 24. The van der Waals surface area contributed by atoms with Gasteiger partial charge < -0.3 is 175 Å². The Kier molecular flexibility index (Phi) is 21.5. The van der Waals surface area contributed by atoms with Crippen LogP contribution in [0.15, 0.2) is 4.99 Å². The van der Waals surface area contributed by atoms with Gasteiger partial charge in [-0.05, 0) is 0 Å². The van der Waals surface area contributed by atoms with Crippen LogP contribution >= 0.6 is 0 Å². The van der Waals surface area contributed by atoms with E-state index in [1.165, 1.54) is 6.92 Å². The highest BCUT2D eigenvalue weighted by Crippen LogP contribution is 2.44. The lowest BCUT2D eigenvalue weighted by atomic mass is 9.70. The number of rotatable bonds is 17. The number of nitrogens with one attached hydrogen (secondary N) is 1. The lowest BCUT2D eigenvalue weighted by molar-refractivity contribution is -0.398. The largest absolute Gasteiger partial charge is 0.450 e. The van der Waals surface area contributed by atoms with Crippen molar-refractivity contribution in [2.45, 2.75) is 240 Å². The number of carbonyl (C=O) groups excluding carboxylic acids is 1. The van der Waals surface area contributed by atoms with Gasteiger partial charge in [-0.3, -0.25) is 4.79 Å². The summed E-state index contributed by atoms with van der Waals surface area (Å²) in [7, 11) is 0. The fraction of sp³-hybridized carbons (Fsp3) is 0.957. The van der Waals surface area contributed by atoms with E-state index in [1.54, 1.807) is 0 Å². The molecule has 0 aromatic carbocycles. The third-order valence-corrected chi connectivity index (χ3v) is 16.5. The molecule has 0 saturated carbocycles. The summed E-state index contributed by atoms with van der Waals surface area (Å²) in [6, 6.07) is -3.05. The van der Waals surface area contributed by atoms with E-state index in [0.29, 0.717) is 0 Å². The number of carbonyl (C=O) groups is 1. The maximum Gasteiger partial charge on any atom is 0.227 e. The summed E-state index contributed by atoms with van der Waals surface area (Å²) in [6.07, 6.45) is -76.8. The van der Waals surface area contributed by atoms with Crippen LogP contribution in [0.4, 0.5) is 0 Å². The van der Waals surface area contributed by atoms with Crippen LogP contribution in [0.3, 0.4) is 0 Å². The third kappa shape index (κ3) is 12.3. The molecule has 37 heteroatoms. The van der Waals surface area contributed by atoms with Crippen molar-refractivity contribution >= 4 is 11.8 Å². The molecule has 1 amide bonds. The summed E-state index contributed by atoms with van der Waals surface area (Å²) in [4.78, 5) is 16.5. The molecule has 37 nitrogen and oxygen atoms in total. The van der Waals surface area contributed by atoms with Crippen molar-refractivity contribution in [2.24, 2.45) is 4.99 Å². The Labute approximate surface area is 468 Å². The van der Waals surface area contributed by atoms with E-state index in [0.717, 1.165) is 6.92 Å². The first-order valence-electron chi connectivity index (χ1n) is 26.5. The zero-order chi connectivity index (χ0) is 61.2. The molecule has 0 bridgehead atoms. The highest BCUT2D eigenvalue weighted by molar-refractivity contribution is 5.75. The van der Waals surface area contributed by atoms with Gasteiger partial charge in [0.2, 0.25) is 12.2 Å². The number of aliphatic hydroxyl groups is 23. The van der Waals surface area contributed by atoms with E-state index < -0.39 is 265 Å². The highest BCUT2D eigenvalue weighted by Gasteiger charge is 2.69. The van der Waals surface area contributed by atoms with Crippen LogP contribution in [0, 0.1) is 0 Å². The van der Waals surface area contributed by atoms with Gasteiger partial charge in [0.1, 0.15) is 195 Å². The average molecular weight is 1220 g/mol. The van der Waals surface area contributed by atoms with Gasteiger partial charge in [-0.15, -0.1) is 0 Å². The molecule has 7 fully saturated rings. The second-order valence-electron chi connectivity index (χ2n) is 21.7. The lowest BCUT2D eigenvalue weighted by Gasteiger charge is -2.57. The molecule has 0 radical (unpaired) electrons. The second kappa shape index (κ2) is 26.8. The Morgan fingerprint density at radius 3 is 1.51 bits per heavy atom. The van der Waals surface area contributed by atoms with Gasteiger partial charge in [-0.25, -0.2) is 4.99 Å². The predicted octanol–water partition coefficient (Wildman–Crippen LogP) is -16.5. The molecule has 83 heavy (non-hydrogen) atoms. The standard InChI is InChI=1S/C46H76N2O35/c1-8(54)47-15-21(59)17(55)12(5-51)76-43(15)83-38-25(63)20(58)13(6-52)77-45(38)82-35-28(66)34(81-44(31(35)69)80-32-14(7-53)78-42-16(22(32)60)48-9(2)73-42)30(68)37-40(71)46(72,41-27(65)24(62)19(57)11(4-50)75-41)39(70)36(79-37)29(67)33-26(64)23(61)18(56)10(3-49)74-33/h10-45,49-53,55-72H,3-7H2,1-2H3,(H,47,54)/t10-,11-,12-,13-,14-,15-,16-,17-,18-,19-,20-,21-,22-,23+,24+,25+,26+,27+,28-,29?,30?,31+,32-,33+,34+,35+,36-,37?,38+,39-,40-,41+,42?,43+,44-,45-,46+/m1/s1. The van der Waals surface area contributed by atoms with Crippen molar-refractivity contribution in [1.29, 1.82) is 0 Å². The normalized spacial score (nSPS) is 53.1. The summed E-state index contributed by atoms with van der Waals surface area (Å²) in [5.74, 6) is -0.839. The lowest BCUT2D eigenvalue weighted by Crippen LogP contribution is -2.80. The molecular weight excluding hydrogens is 1140 g/mol. The van der Waals surface area contributed by atoms with Gasteiger partial charge in [0.25, 0.3) is 0 Å². The number of nitrogens with zero attached hydrogens (tertiary/aromatic N) is 1. The minimum Gasteiger partial charge on any atom is -0.450 e. The molecule has 480 valence electrons. The van der Waals surface area contributed by atoms with Crippen LogP contribution in [-0.2, 0) is 56.9 Å². The van der Waals surface area contributed by atoms with Gasteiger partial charge in [0.15, 0.2) is 30.4 Å². The zero-order valence-electron chi connectivity index (χ0n) is 44.0. The molecule has 8 aliphatic rings. The van der Waals surface area contributed by atoms with Gasteiger partial charge >= 0.3 is 0 Å². The number of amides is 1. The number of hydrogen-bond acceptors (Lipinski definition) is 36. The summed E-state index contributed by atoms with van der Waals surface area (Å²) in [6.45, 7) is -2.95. The summed E-state index contributed by atoms with van der Waals surface area (Å²) in [5, 5.41) is 260. The molecule has 0 aliphatic carbocycles. The highest BCUT2D eigenvalue weighted by atomic mass is 16.8. The predicted molar refractivity (Wildman–Crippen MR) is 253 cm³/mol. The Bertz CT molecular complexity index is 2160. The van der Waals surface area contributed by atoms with Crippen LogP contribution in [-0.4, -0.2) is 388 Å². The van der Waals surface area contributed by atoms with Crippen molar-refractivity contribution in [1.82, 2.24) is 5.32 Å². The smallest absolute Gasteiger partial charge is 0.227 e. The maximum absolute atomic E-state index is 12.7. The minimum absolute atomic E-state index is 0.0113. The minimum atomic E-state index is -3.68. The molecule has 8 rings (SSSR count). The van der Waals surface area contributed by atoms with E-state index in [4.69, 9.17) is 52.1 Å². The summed E-state index contributed by atoms with van der Waals surface area (Å²) >= 11 is 0. The van der Waals surface area contributed by atoms with Gasteiger partial charge in [-0.2, -0.15) is 0 Å². The number of fused-ring (bicyclic) bond motifs is 1.